The first-order valence-electron chi connectivity index (χ1n) is 9.80. The van der Waals surface area contributed by atoms with E-state index in [4.69, 9.17) is 4.74 Å². The predicted molar refractivity (Wildman–Crippen MR) is 108 cm³/mol. The number of carbonyl (C=O) groups excluding carboxylic acids is 2. The normalized spacial score (nSPS) is 20.0. The first-order valence-corrected chi connectivity index (χ1v) is 9.80. The quantitative estimate of drug-likeness (QED) is 0.561. The van der Waals surface area contributed by atoms with Gasteiger partial charge in [0.2, 0.25) is 5.91 Å². The smallest absolute Gasteiger partial charge is 0.258 e. The number of anilines is 1. The molecule has 1 aromatic carbocycles. The summed E-state index contributed by atoms with van der Waals surface area (Å²) in [4.78, 5) is 27.2. The van der Waals surface area contributed by atoms with Gasteiger partial charge in [-0.3, -0.25) is 9.59 Å². The van der Waals surface area contributed by atoms with Crippen LogP contribution in [0.3, 0.4) is 0 Å². The van der Waals surface area contributed by atoms with Crippen LogP contribution in [0.15, 0.2) is 24.5 Å². The van der Waals surface area contributed by atoms with E-state index >= 15 is 0 Å². The molecular weight excluding hydrogens is 390 g/mol. The molecule has 3 N–H and O–H groups in total. The second-order valence-corrected chi connectivity index (χ2v) is 7.45. The maximum atomic E-state index is 13.3. The molecule has 162 valence electrons. The number of aliphatic hydroxyl groups is 1. The molecule has 0 bridgehead atoms. The van der Waals surface area contributed by atoms with Gasteiger partial charge in [-0.2, -0.15) is 0 Å². The highest BCUT2D eigenvalue weighted by Gasteiger charge is 2.32. The number of aliphatic hydroxyl groups excluding tert-OH is 1. The van der Waals surface area contributed by atoms with Crippen molar-refractivity contribution >= 4 is 17.5 Å². The van der Waals surface area contributed by atoms with Gasteiger partial charge in [0, 0.05) is 24.7 Å². The van der Waals surface area contributed by atoms with Crippen molar-refractivity contribution in [2.24, 2.45) is 5.92 Å². The molecule has 0 spiro atoms. The molecule has 3 atom stereocenters. The summed E-state index contributed by atoms with van der Waals surface area (Å²) in [5.74, 6) is -0.0822. The number of benzene rings is 1. The van der Waals surface area contributed by atoms with E-state index in [0.29, 0.717) is 30.1 Å². The van der Waals surface area contributed by atoms with E-state index in [1.54, 1.807) is 30.0 Å². The number of ether oxygens (including phenoxy) is 1. The number of nitrogens with one attached hydrogen (secondary N) is 2. The third-order valence-corrected chi connectivity index (χ3v) is 5.05. The summed E-state index contributed by atoms with van der Waals surface area (Å²) in [5.41, 5.74) is 0.794. The highest BCUT2D eigenvalue weighted by Crippen LogP contribution is 2.30. The molecule has 0 fully saturated rings. The average molecular weight is 417 g/mol. The number of nitrogens with zero attached hydrogens (tertiary/aromatic N) is 5. The van der Waals surface area contributed by atoms with Crippen molar-refractivity contribution in [2.45, 2.75) is 32.5 Å². The van der Waals surface area contributed by atoms with Gasteiger partial charge in [-0.1, -0.05) is 6.92 Å². The second-order valence-electron chi connectivity index (χ2n) is 7.45. The van der Waals surface area contributed by atoms with Gasteiger partial charge < -0.3 is 25.4 Å². The zero-order chi connectivity index (χ0) is 21.7. The van der Waals surface area contributed by atoms with Crippen molar-refractivity contribution in [1.29, 1.82) is 0 Å². The molecule has 1 aliphatic rings. The van der Waals surface area contributed by atoms with Crippen molar-refractivity contribution in [3.63, 3.8) is 0 Å². The van der Waals surface area contributed by atoms with Crippen LogP contribution in [-0.2, 0) is 11.3 Å². The number of rotatable bonds is 7. The number of likely N-dealkylation sites (N-methyl/N-ethyl adjacent to an activating group) is 1. The van der Waals surface area contributed by atoms with E-state index in [9.17, 15) is 14.7 Å². The monoisotopic (exact) mass is 417 g/mol. The minimum atomic E-state index is -0.348. The van der Waals surface area contributed by atoms with Crippen molar-refractivity contribution in [2.75, 3.05) is 32.1 Å². The van der Waals surface area contributed by atoms with Crippen LogP contribution in [0, 0.1) is 5.92 Å². The van der Waals surface area contributed by atoms with Crippen molar-refractivity contribution < 1.29 is 19.4 Å². The van der Waals surface area contributed by atoms with Crippen LogP contribution < -0.4 is 15.4 Å². The van der Waals surface area contributed by atoms with Gasteiger partial charge in [-0.15, -0.1) is 5.10 Å². The third-order valence-electron chi connectivity index (χ3n) is 5.05. The zero-order valence-corrected chi connectivity index (χ0v) is 17.3. The Bertz CT molecular complexity index is 874. The van der Waals surface area contributed by atoms with Gasteiger partial charge in [-0.25, -0.2) is 4.68 Å². The van der Waals surface area contributed by atoms with Crippen LogP contribution in [-0.4, -0.2) is 80.9 Å². The Kier molecular flexibility index (Phi) is 6.95. The fourth-order valence-corrected chi connectivity index (χ4v) is 3.35. The molecule has 0 saturated carbocycles. The first kappa shape index (κ1) is 21.7. The first-order chi connectivity index (χ1) is 14.4. The SMILES string of the molecule is CNC[C@H]1Oc2ccc(NC(=O)Cn3cnnn3)cc2C(=O)N([C@@H](C)CO)C[C@@H]1C. The Hall–Kier alpha value is -3.05. The number of amides is 2. The lowest BCUT2D eigenvalue weighted by Gasteiger charge is -2.37. The van der Waals surface area contributed by atoms with E-state index in [-0.39, 0.29) is 43.0 Å². The molecule has 0 unspecified atom stereocenters. The molecule has 0 aliphatic carbocycles. The Morgan fingerprint density at radius 1 is 1.43 bits per heavy atom. The molecule has 11 heteroatoms. The summed E-state index contributed by atoms with van der Waals surface area (Å²) < 4.78 is 7.45. The molecule has 11 nitrogen and oxygen atoms in total. The number of aromatic nitrogens is 4. The number of fused-ring (bicyclic) bond motifs is 1. The Morgan fingerprint density at radius 3 is 2.90 bits per heavy atom. The highest BCUT2D eigenvalue weighted by molar-refractivity contribution is 5.99. The van der Waals surface area contributed by atoms with E-state index in [1.807, 2.05) is 14.0 Å². The van der Waals surface area contributed by atoms with Gasteiger partial charge in [-0.05, 0) is 42.6 Å². The van der Waals surface area contributed by atoms with Crippen molar-refractivity contribution in [3.05, 3.63) is 30.1 Å². The maximum absolute atomic E-state index is 13.3. The van der Waals surface area contributed by atoms with Gasteiger partial charge in [0.25, 0.3) is 5.91 Å². The molecule has 0 radical (unpaired) electrons. The van der Waals surface area contributed by atoms with E-state index in [1.165, 1.54) is 11.0 Å². The summed E-state index contributed by atoms with van der Waals surface area (Å²) >= 11 is 0. The molecule has 30 heavy (non-hydrogen) atoms. The second kappa shape index (κ2) is 9.63. The van der Waals surface area contributed by atoms with E-state index in [2.05, 4.69) is 26.2 Å². The van der Waals surface area contributed by atoms with Gasteiger partial charge in [0.1, 0.15) is 24.7 Å². The van der Waals surface area contributed by atoms with Crippen LogP contribution in [0.5, 0.6) is 5.75 Å². The number of hydrogen-bond donors (Lipinski definition) is 3. The fourth-order valence-electron chi connectivity index (χ4n) is 3.35. The Labute approximate surface area is 174 Å². The molecule has 0 saturated heterocycles. The summed E-state index contributed by atoms with van der Waals surface area (Å²) in [7, 11) is 1.85. The van der Waals surface area contributed by atoms with Gasteiger partial charge >= 0.3 is 0 Å². The topological polar surface area (TPSA) is 134 Å². The molecular formula is C19H27N7O4. The highest BCUT2D eigenvalue weighted by atomic mass is 16.5. The number of hydrogen-bond acceptors (Lipinski definition) is 8. The van der Waals surface area contributed by atoms with Crippen LogP contribution in [0.2, 0.25) is 0 Å². The van der Waals surface area contributed by atoms with Crippen LogP contribution in [0.25, 0.3) is 0 Å². The number of carbonyl (C=O) groups is 2. The summed E-state index contributed by atoms with van der Waals surface area (Å²) in [6.07, 6.45) is 1.19. The molecule has 2 amide bonds. The van der Waals surface area contributed by atoms with E-state index < -0.39 is 0 Å². The van der Waals surface area contributed by atoms with Crippen molar-refractivity contribution in [1.82, 2.24) is 30.4 Å². The molecule has 2 aromatic rings. The molecule has 1 aliphatic heterocycles. The average Bonchev–Trinajstić information content (AvgIpc) is 3.23. The van der Waals surface area contributed by atoms with Gasteiger partial charge in [0.15, 0.2) is 0 Å². The van der Waals surface area contributed by atoms with Gasteiger partial charge in [0.05, 0.1) is 18.2 Å². The lowest BCUT2D eigenvalue weighted by Crippen LogP contribution is -2.49. The summed E-state index contributed by atoms with van der Waals surface area (Å²) in [5, 5.41) is 26.2. The Balaban J connectivity index is 1.89. The van der Waals surface area contributed by atoms with Crippen LogP contribution in [0.4, 0.5) is 5.69 Å². The third kappa shape index (κ3) is 4.92. The summed E-state index contributed by atoms with van der Waals surface area (Å²) in [6, 6.07) is 4.62. The molecule has 3 rings (SSSR count). The largest absolute Gasteiger partial charge is 0.488 e. The lowest BCUT2D eigenvalue weighted by atomic mass is 9.99. The number of tetrazole rings is 1. The standard InChI is InChI=1S/C19H27N7O4/c1-12-8-26(13(2)10-27)19(29)15-6-14(4-5-16(15)30-17(12)7-20-3)22-18(28)9-25-11-21-23-24-25/h4-6,11-13,17,20,27H,7-10H2,1-3H3,(H,22,28)/t12-,13-,17+/m0/s1. The fraction of sp³-hybridized carbons (Fsp3) is 0.526. The van der Waals surface area contributed by atoms with Crippen molar-refractivity contribution in [3.8, 4) is 5.75 Å². The maximum Gasteiger partial charge on any atom is 0.258 e. The van der Waals surface area contributed by atoms with E-state index in [0.717, 1.165) is 0 Å². The molecule has 1 aromatic heterocycles. The lowest BCUT2D eigenvalue weighted by molar-refractivity contribution is -0.116. The summed E-state index contributed by atoms with van der Waals surface area (Å²) in [6.45, 7) is 4.68. The Morgan fingerprint density at radius 2 is 2.23 bits per heavy atom. The predicted octanol–water partition coefficient (Wildman–Crippen LogP) is -0.249. The zero-order valence-electron chi connectivity index (χ0n) is 17.3. The van der Waals surface area contributed by atoms with Crippen LogP contribution >= 0.6 is 0 Å². The molecule has 2 heterocycles. The minimum Gasteiger partial charge on any atom is -0.488 e. The minimum absolute atomic E-state index is 0.0516. The van der Waals surface area contributed by atoms with Crippen LogP contribution in [0.1, 0.15) is 24.2 Å².